The molecule has 0 aliphatic heterocycles. The van der Waals surface area contributed by atoms with Crippen molar-refractivity contribution in [2.24, 2.45) is 0 Å². The molecule has 0 aliphatic rings. The lowest BCUT2D eigenvalue weighted by atomic mass is 10.2. The van der Waals surface area contributed by atoms with Crippen molar-refractivity contribution in [3.63, 3.8) is 0 Å². The lowest BCUT2D eigenvalue weighted by Gasteiger charge is -2.11. The summed E-state index contributed by atoms with van der Waals surface area (Å²) in [6.45, 7) is 5.55. The summed E-state index contributed by atoms with van der Waals surface area (Å²) in [5.41, 5.74) is 0.203. The molecule has 0 amide bonds. The molecular formula is C8H12O4. The van der Waals surface area contributed by atoms with Gasteiger partial charge < -0.3 is 9.84 Å². The highest BCUT2D eigenvalue weighted by molar-refractivity contribution is 5.90. The number of rotatable bonds is 4. The minimum absolute atomic E-state index is 0.203. The summed E-state index contributed by atoms with van der Waals surface area (Å²) >= 11 is 0. The van der Waals surface area contributed by atoms with Crippen LogP contribution >= 0.6 is 0 Å². The SMILES string of the molecule is C=C(C)C(=O)OC(CO)C(C)=O. The number of aliphatic hydroxyl groups is 1. The predicted octanol–water partition coefficient (Wildman–Crippen LogP) is 0.0556. The molecule has 0 spiro atoms. The van der Waals surface area contributed by atoms with Gasteiger partial charge in [0.1, 0.15) is 0 Å². The van der Waals surface area contributed by atoms with E-state index in [9.17, 15) is 9.59 Å². The van der Waals surface area contributed by atoms with Gasteiger partial charge in [0, 0.05) is 5.57 Å². The van der Waals surface area contributed by atoms with Gasteiger partial charge in [-0.05, 0) is 13.8 Å². The molecule has 0 saturated carbocycles. The molecule has 1 N–H and O–H groups in total. The molecule has 0 aromatic heterocycles. The van der Waals surface area contributed by atoms with E-state index in [4.69, 9.17) is 5.11 Å². The van der Waals surface area contributed by atoms with Crippen LogP contribution < -0.4 is 0 Å². The molecule has 1 unspecified atom stereocenters. The van der Waals surface area contributed by atoms with Crippen LogP contribution in [0.15, 0.2) is 12.2 Å². The van der Waals surface area contributed by atoms with Crippen molar-refractivity contribution in [2.75, 3.05) is 6.61 Å². The van der Waals surface area contributed by atoms with E-state index < -0.39 is 18.7 Å². The average molecular weight is 172 g/mol. The van der Waals surface area contributed by atoms with Crippen LogP contribution in [0.5, 0.6) is 0 Å². The summed E-state index contributed by atoms with van der Waals surface area (Å²) < 4.78 is 4.58. The van der Waals surface area contributed by atoms with Gasteiger partial charge in [-0.15, -0.1) is 0 Å². The molecule has 1 atom stereocenters. The Balaban J connectivity index is 4.12. The summed E-state index contributed by atoms with van der Waals surface area (Å²) in [6.07, 6.45) is -1.06. The van der Waals surface area contributed by atoms with Crippen molar-refractivity contribution in [3.8, 4) is 0 Å². The molecule has 0 radical (unpaired) electrons. The third kappa shape index (κ3) is 3.30. The third-order valence-electron chi connectivity index (χ3n) is 1.22. The van der Waals surface area contributed by atoms with Gasteiger partial charge in [-0.1, -0.05) is 6.58 Å². The van der Waals surface area contributed by atoms with Gasteiger partial charge in [0.25, 0.3) is 0 Å². The number of Topliss-reactive ketones (excluding diaryl/α,β-unsaturated/α-hetero) is 1. The van der Waals surface area contributed by atoms with E-state index in [1.54, 1.807) is 0 Å². The molecule has 0 rings (SSSR count). The zero-order valence-corrected chi connectivity index (χ0v) is 7.16. The minimum atomic E-state index is -1.06. The van der Waals surface area contributed by atoms with Crippen molar-refractivity contribution in [3.05, 3.63) is 12.2 Å². The molecule has 4 heteroatoms. The fourth-order valence-electron chi connectivity index (χ4n) is 0.479. The Morgan fingerprint density at radius 2 is 2.00 bits per heavy atom. The van der Waals surface area contributed by atoms with Crippen LogP contribution in [0.3, 0.4) is 0 Å². The molecular weight excluding hydrogens is 160 g/mol. The lowest BCUT2D eigenvalue weighted by molar-refractivity contribution is -0.152. The number of esters is 1. The van der Waals surface area contributed by atoms with Gasteiger partial charge in [0.2, 0.25) is 0 Å². The van der Waals surface area contributed by atoms with Gasteiger partial charge in [-0.2, -0.15) is 0 Å². The van der Waals surface area contributed by atoms with Crippen LogP contribution in [0.4, 0.5) is 0 Å². The second kappa shape index (κ2) is 4.66. The van der Waals surface area contributed by atoms with Crippen LogP contribution in [0.2, 0.25) is 0 Å². The maximum Gasteiger partial charge on any atom is 0.333 e. The summed E-state index contributed by atoms with van der Waals surface area (Å²) in [4.78, 5) is 21.5. The Kier molecular flexibility index (Phi) is 4.21. The Labute approximate surface area is 70.8 Å². The molecule has 68 valence electrons. The number of ether oxygens (including phenoxy) is 1. The van der Waals surface area contributed by atoms with E-state index >= 15 is 0 Å². The average Bonchev–Trinajstić information content (AvgIpc) is 1.98. The first-order valence-electron chi connectivity index (χ1n) is 3.46. The van der Waals surface area contributed by atoms with Crippen molar-refractivity contribution in [1.29, 1.82) is 0 Å². The number of aliphatic hydroxyl groups excluding tert-OH is 1. The van der Waals surface area contributed by atoms with Crippen molar-refractivity contribution >= 4 is 11.8 Å². The Morgan fingerprint density at radius 1 is 1.50 bits per heavy atom. The van der Waals surface area contributed by atoms with E-state index in [2.05, 4.69) is 11.3 Å². The second-order valence-electron chi connectivity index (χ2n) is 2.47. The number of hydrogen-bond donors (Lipinski definition) is 1. The fraction of sp³-hybridized carbons (Fsp3) is 0.500. The summed E-state index contributed by atoms with van der Waals surface area (Å²) in [5.74, 6) is -1.05. The zero-order valence-electron chi connectivity index (χ0n) is 7.16. The molecule has 0 bridgehead atoms. The second-order valence-corrected chi connectivity index (χ2v) is 2.47. The van der Waals surface area contributed by atoms with Crippen LogP contribution in [0.25, 0.3) is 0 Å². The molecule has 0 saturated heterocycles. The maximum absolute atomic E-state index is 10.8. The molecule has 12 heavy (non-hydrogen) atoms. The lowest BCUT2D eigenvalue weighted by Crippen LogP contribution is -2.28. The van der Waals surface area contributed by atoms with Gasteiger partial charge in [0.05, 0.1) is 6.61 Å². The molecule has 0 aliphatic carbocycles. The smallest absolute Gasteiger partial charge is 0.333 e. The van der Waals surface area contributed by atoms with Gasteiger partial charge in [-0.3, -0.25) is 4.79 Å². The van der Waals surface area contributed by atoms with Crippen molar-refractivity contribution in [1.82, 2.24) is 0 Å². The number of carbonyl (C=O) groups is 2. The molecule has 0 fully saturated rings. The first-order valence-corrected chi connectivity index (χ1v) is 3.46. The van der Waals surface area contributed by atoms with E-state index in [0.29, 0.717) is 0 Å². The number of hydrogen-bond acceptors (Lipinski definition) is 4. The van der Waals surface area contributed by atoms with Crippen molar-refractivity contribution < 1.29 is 19.4 Å². The molecule has 0 aromatic carbocycles. The minimum Gasteiger partial charge on any atom is -0.449 e. The number of ketones is 1. The highest BCUT2D eigenvalue weighted by atomic mass is 16.6. The van der Waals surface area contributed by atoms with E-state index in [-0.39, 0.29) is 11.4 Å². The van der Waals surface area contributed by atoms with Gasteiger partial charge >= 0.3 is 5.97 Å². The van der Waals surface area contributed by atoms with Crippen LogP contribution in [0, 0.1) is 0 Å². The maximum atomic E-state index is 10.8. The fourth-order valence-corrected chi connectivity index (χ4v) is 0.479. The highest BCUT2D eigenvalue weighted by Crippen LogP contribution is 1.99. The standard InChI is InChI=1S/C8H12O4/c1-5(2)8(11)12-7(4-9)6(3)10/h7,9H,1,4H2,2-3H3. The van der Waals surface area contributed by atoms with Crippen molar-refractivity contribution in [2.45, 2.75) is 20.0 Å². The number of carbonyl (C=O) groups excluding carboxylic acids is 2. The first kappa shape index (κ1) is 10.8. The van der Waals surface area contributed by atoms with Crippen LogP contribution in [0.1, 0.15) is 13.8 Å². The van der Waals surface area contributed by atoms with E-state index in [1.165, 1.54) is 13.8 Å². The highest BCUT2D eigenvalue weighted by Gasteiger charge is 2.17. The quantitative estimate of drug-likeness (QED) is 0.481. The normalized spacial score (nSPS) is 11.9. The molecule has 0 aromatic rings. The Morgan fingerprint density at radius 3 is 2.25 bits per heavy atom. The van der Waals surface area contributed by atoms with E-state index in [0.717, 1.165) is 0 Å². The van der Waals surface area contributed by atoms with Crippen LogP contribution in [-0.4, -0.2) is 29.6 Å². The van der Waals surface area contributed by atoms with Gasteiger partial charge in [0.15, 0.2) is 11.9 Å². The Bertz CT molecular complexity index is 207. The largest absolute Gasteiger partial charge is 0.449 e. The van der Waals surface area contributed by atoms with Crippen LogP contribution in [-0.2, 0) is 14.3 Å². The summed E-state index contributed by atoms with van der Waals surface area (Å²) in [5, 5.41) is 8.60. The first-order chi connectivity index (χ1) is 5.49. The van der Waals surface area contributed by atoms with Gasteiger partial charge in [-0.25, -0.2) is 4.79 Å². The molecule has 0 heterocycles. The third-order valence-corrected chi connectivity index (χ3v) is 1.22. The van der Waals surface area contributed by atoms with E-state index in [1.807, 2.05) is 0 Å². The summed E-state index contributed by atoms with van der Waals surface area (Å²) in [6, 6.07) is 0. The zero-order chi connectivity index (χ0) is 9.72. The molecule has 4 nitrogen and oxygen atoms in total. The summed E-state index contributed by atoms with van der Waals surface area (Å²) in [7, 11) is 0. The monoisotopic (exact) mass is 172 g/mol. The predicted molar refractivity (Wildman–Crippen MR) is 42.5 cm³/mol. The topological polar surface area (TPSA) is 63.6 Å². The Hall–Kier alpha value is -1.16.